The minimum absolute atomic E-state index is 0.155. The molecule has 10 heteroatoms. The summed E-state index contributed by atoms with van der Waals surface area (Å²) in [6.45, 7) is 7.16. The van der Waals surface area contributed by atoms with Crippen LogP contribution in [0.2, 0.25) is 0 Å². The van der Waals surface area contributed by atoms with Crippen molar-refractivity contribution in [2.75, 3.05) is 17.7 Å². The predicted octanol–water partition coefficient (Wildman–Crippen LogP) is 6.00. The monoisotopic (exact) mass is 544 g/mol. The first-order valence-corrected chi connectivity index (χ1v) is 15.4. The molecule has 1 N–H and O–H groups in total. The Morgan fingerprint density at radius 1 is 1.17 bits per heavy atom. The van der Waals surface area contributed by atoms with Crippen molar-refractivity contribution in [3.8, 4) is 11.4 Å². The van der Waals surface area contributed by atoms with Crippen molar-refractivity contribution in [2.24, 2.45) is 5.92 Å². The van der Waals surface area contributed by atoms with E-state index in [4.69, 9.17) is 4.74 Å². The predicted molar refractivity (Wildman–Crippen MR) is 146 cm³/mol. The lowest BCUT2D eigenvalue weighted by molar-refractivity contribution is -0.113. The number of thiophene rings is 2. The van der Waals surface area contributed by atoms with Crippen LogP contribution in [0, 0.1) is 5.92 Å². The van der Waals surface area contributed by atoms with Gasteiger partial charge in [0.1, 0.15) is 5.00 Å². The standard InChI is InChI=1S/C26H32N4O3S3/c1-4-30-23(18-13-34-19-9-7-6-8-16(18)19)28-29-26(30)35-14-21(31)27-24-22(25(32)33-5-2)17-11-10-15(3)12-20(17)36-24/h13,15H,4-12,14H2,1-3H3,(H,27,31). The van der Waals surface area contributed by atoms with E-state index in [-0.39, 0.29) is 17.6 Å². The summed E-state index contributed by atoms with van der Waals surface area (Å²) < 4.78 is 7.43. The van der Waals surface area contributed by atoms with Crippen molar-refractivity contribution in [3.63, 3.8) is 0 Å². The Hall–Kier alpha value is -2.17. The van der Waals surface area contributed by atoms with Gasteiger partial charge in [-0.05, 0) is 75.8 Å². The number of rotatable bonds is 8. The van der Waals surface area contributed by atoms with E-state index in [0.29, 0.717) is 23.1 Å². The lowest BCUT2D eigenvalue weighted by atomic mass is 9.88. The molecule has 0 bridgehead atoms. The highest BCUT2D eigenvalue weighted by Crippen LogP contribution is 2.40. The summed E-state index contributed by atoms with van der Waals surface area (Å²) >= 11 is 4.73. The minimum Gasteiger partial charge on any atom is -0.462 e. The summed E-state index contributed by atoms with van der Waals surface area (Å²) in [5.74, 6) is 1.17. The van der Waals surface area contributed by atoms with Gasteiger partial charge in [-0.15, -0.1) is 32.9 Å². The highest BCUT2D eigenvalue weighted by atomic mass is 32.2. The van der Waals surface area contributed by atoms with Gasteiger partial charge >= 0.3 is 5.97 Å². The van der Waals surface area contributed by atoms with E-state index in [1.165, 1.54) is 56.8 Å². The molecule has 192 valence electrons. The number of thioether (sulfide) groups is 1. The van der Waals surface area contributed by atoms with E-state index in [1.807, 2.05) is 11.3 Å². The first-order valence-electron chi connectivity index (χ1n) is 12.8. The molecular weight excluding hydrogens is 513 g/mol. The molecule has 0 radical (unpaired) electrons. The highest BCUT2D eigenvalue weighted by molar-refractivity contribution is 7.99. The van der Waals surface area contributed by atoms with Crippen molar-refractivity contribution in [1.29, 1.82) is 0 Å². The maximum atomic E-state index is 13.0. The Balaban J connectivity index is 1.31. The topological polar surface area (TPSA) is 86.1 Å². The van der Waals surface area contributed by atoms with Crippen LogP contribution in [-0.4, -0.2) is 39.0 Å². The van der Waals surface area contributed by atoms with Crippen LogP contribution in [0.5, 0.6) is 0 Å². The molecule has 3 aromatic heterocycles. The third-order valence-electron chi connectivity index (χ3n) is 6.91. The number of fused-ring (bicyclic) bond motifs is 2. The fourth-order valence-corrected chi connectivity index (χ4v) is 8.45. The molecule has 0 aliphatic heterocycles. The molecule has 7 nitrogen and oxygen atoms in total. The largest absolute Gasteiger partial charge is 0.462 e. The molecule has 1 amide bonds. The van der Waals surface area contributed by atoms with Gasteiger partial charge in [-0.25, -0.2) is 4.79 Å². The second-order valence-electron chi connectivity index (χ2n) is 9.42. The summed E-state index contributed by atoms with van der Waals surface area (Å²) in [6, 6.07) is 0. The number of ether oxygens (including phenoxy) is 1. The van der Waals surface area contributed by atoms with Gasteiger partial charge in [0.2, 0.25) is 5.91 Å². The molecule has 5 rings (SSSR count). The molecule has 2 aliphatic rings. The zero-order chi connectivity index (χ0) is 25.2. The average molecular weight is 545 g/mol. The quantitative estimate of drug-likeness (QED) is 0.277. The van der Waals surface area contributed by atoms with Gasteiger partial charge in [0, 0.05) is 27.2 Å². The molecule has 1 atom stereocenters. The second kappa shape index (κ2) is 11.1. The SMILES string of the molecule is CCOC(=O)c1c(NC(=O)CSc2nnc(-c3csc4c3CCCC4)n2CC)sc2c1CCC(C)C2. The lowest BCUT2D eigenvalue weighted by Crippen LogP contribution is -2.18. The van der Waals surface area contributed by atoms with Crippen LogP contribution < -0.4 is 5.32 Å². The van der Waals surface area contributed by atoms with Gasteiger partial charge in [-0.2, -0.15) is 0 Å². The minimum atomic E-state index is -0.345. The number of nitrogens with zero attached hydrogens (tertiary/aromatic N) is 3. The van der Waals surface area contributed by atoms with Gasteiger partial charge in [-0.3, -0.25) is 4.79 Å². The summed E-state index contributed by atoms with van der Waals surface area (Å²) in [5, 5.41) is 15.5. The molecule has 0 saturated carbocycles. The Kier molecular flexibility index (Phi) is 7.83. The van der Waals surface area contributed by atoms with Crippen LogP contribution in [-0.2, 0) is 41.8 Å². The Bertz CT molecular complexity index is 1280. The number of carbonyl (C=O) groups excluding carboxylic acids is 2. The van der Waals surface area contributed by atoms with Crippen molar-refractivity contribution in [2.45, 2.75) is 77.4 Å². The molecule has 36 heavy (non-hydrogen) atoms. The zero-order valence-corrected chi connectivity index (χ0v) is 23.5. The van der Waals surface area contributed by atoms with Gasteiger partial charge in [0.05, 0.1) is 17.9 Å². The van der Waals surface area contributed by atoms with E-state index in [2.05, 4.69) is 39.3 Å². The van der Waals surface area contributed by atoms with Gasteiger partial charge in [0.25, 0.3) is 0 Å². The van der Waals surface area contributed by atoms with Crippen LogP contribution in [0.4, 0.5) is 5.00 Å². The third kappa shape index (κ3) is 4.99. The van der Waals surface area contributed by atoms with Gasteiger partial charge in [0.15, 0.2) is 11.0 Å². The van der Waals surface area contributed by atoms with Crippen molar-refractivity contribution < 1.29 is 14.3 Å². The Labute approximate surface area is 224 Å². The van der Waals surface area contributed by atoms with Crippen molar-refractivity contribution >= 4 is 51.3 Å². The molecule has 0 aromatic carbocycles. The number of carbonyl (C=O) groups is 2. The lowest BCUT2D eigenvalue weighted by Gasteiger charge is -2.18. The molecule has 0 saturated heterocycles. The molecule has 0 fully saturated rings. The van der Waals surface area contributed by atoms with Crippen LogP contribution >= 0.6 is 34.4 Å². The third-order valence-corrected chi connectivity index (χ3v) is 10.1. The zero-order valence-electron chi connectivity index (χ0n) is 21.0. The number of aryl methyl sites for hydroxylation is 1. The van der Waals surface area contributed by atoms with Crippen LogP contribution in [0.25, 0.3) is 11.4 Å². The van der Waals surface area contributed by atoms with E-state index >= 15 is 0 Å². The maximum absolute atomic E-state index is 13.0. The molecule has 0 spiro atoms. The van der Waals surface area contributed by atoms with E-state index in [0.717, 1.165) is 55.2 Å². The van der Waals surface area contributed by atoms with Crippen LogP contribution in [0.3, 0.4) is 0 Å². The second-order valence-corrected chi connectivity index (χ2v) is 12.4. The highest BCUT2D eigenvalue weighted by Gasteiger charge is 2.29. The number of esters is 1. The normalized spacial score (nSPS) is 16.9. The maximum Gasteiger partial charge on any atom is 0.341 e. The fourth-order valence-electron chi connectivity index (χ4n) is 5.11. The van der Waals surface area contributed by atoms with E-state index in [1.54, 1.807) is 6.92 Å². The number of amides is 1. The molecule has 3 heterocycles. The average Bonchev–Trinajstić information content (AvgIpc) is 3.56. The summed E-state index contributed by atoms with van der Waals surface area (Å²) in [7, 11) is 0. The number of hydrogen-bond donors (Lipinski definition) is 1. The number of hydrogen-bond acceptors (Lipinski definition) is 8. The van der Waals surface area contributed by atoms with Gasteiger partial charge < -0.3 is 14.6 Å². The van der Waals surface area contributed by atoms with E-state index in [9.17, 15) is 9.59 Å². The first-order chi connectivity index (χ1) is 17.5. The molecule has 1 unspecified atom stereocenters. The van der Waals surface area contributed by atoms with Crippen molar-refractivity contribution in [1.82, 2.24) is 14.8 Å². The molecule has 3 aromatic rings. The summed E-state index contributed by atoms with van der Waals surface area (Å²) in [6.07, 6.45) is 7.56. The van der Waals surface area contributed by atoms with Gasteiger partial charge in [-0.1, -0.05) is 18.7 Å². The Morgan fingerprint density at radius 3 is 2.81 bits per heavy atom. The number of aromatic nitrogens is 3. The fraction of sp³-hybridized carbons (Fsp3) is 0.538. The van der Waals surface area contributed by atoms with Crippen molar-refractivity contribution in [3.05, 3.63) is 31.8 Å². The molecule has 2 aliphatic carbocycles. The summed E-state index contributed by atoms with van der Waals surface area (Å²) in [4.78, 5) is 28.4. The first kappa shape index (κ1) is 25.5. The number of nitrogens with one attached hydrogen (secondary N) is 1. The smallest absolute Gasteiger partial charge is 0.341 e. The van der Waals surface area contributed by atoms with Crippen LogP contribution in [0.1, 0.15) is 71.3 Å². The van der Waals surface area contributed by atoms with E-state index < -0.39 is 0 Å². The summed E-state index contributed by atoms with van der Waals surface area (Å²) in [5.41, 5.74) is 4.21. The molecular formula is C26H32N4O3S3. The number of anilines is 1. The van der Waals surface area contributed by atoms with Crippen LogP contribution in [0.15, 0.2) is 10.5 Å². The Morgan fingerprint density at radius 2 is 2.00 bits per heavy atom.